The van der Waals surface area contributed by atoms with E-state index in [0.717, 1.165) is 148 Å². The summed E-state index contributed by atoms with van der Waals surface area (Å²) < 4.78 is 101. The van der Waals surface area contributed by atoms with Crippen LogP contribution in [0.5, 0.6) is 0 Å². The molecule has 19 atom stereocenters. The largest absolute Gasteiger partial charge is 0.393 e. The van der Waals surface area contributed by atoms with E-state index in [1.165, 1.54) is 71.9 Å². The molecule has 0 amide bonds. The minimum Gasteiger partial charge on any atom is -0.393 e. The van der Waals surface area contributed by atoms with Crippen LogP contribution in [0, 0.1) is 0 Å². The topological polar surface area (TPSA) is 456 Å². The number of aromatic nitrogens is 10. The van der Waals surface area contributed by atoms with Crippen molar-refractivity contribution in [1.29, 1.82) is 0 Å². The number of aliphatic hydroxyl groups excluding tert-OH is 1. The summed E-state index contributed by atoms with van der Waals surface area (Å²) in [5.41, 5.74) is -2.76. The summed E-state index contributed by atoms with van der Waals surface area (Å²) in [5.74, 6) is -2.80. The van der Waals surface area contributed by atoms with E-state index in [1.807, 2.05) is 27.7 Å². The Kier molecular flexibility index (Phi) is 23.4. The summed E-state index contributed by atoms with van der Waals surface area (Å²) in [5, 5.41) is 9.97. The van der Waals surface area contributed by atoms with Crippen molar-refractivity contribution in [2.75, 3.05) is 12.3 Å². The highest BCUT2D eigenvalue weighted by molar-refractivity contribution is 5.65. The number of carbonyl (C=O) groups excluding carboxylic acids is 1. The van der Waals surface area contributed by atoms with E-state index in [-0.39, 0.29) is 42.9 Å². The van der Waals surface area contributed by atoms with Gasteiger partial charge in [0.15, 0.2) is 72.0 Å². The number of ether oxygens (including phenoxy) is 15. The SMILES string of the molecule is C=C[C@]1(CC)O[C@@H](n2ccc(=O)[nH]c2=O)[C@@H]2OC3(CCCC3)O[C@@H]21.C=C[C@]1(CC)O[C@@H](n2ccc(N)nc2=O)[C@@H]2OC3(CCCC3)O[C@@H]21.CCC1(CC)O[C@@H](n2ccc(=O)[nH]c2=O)[C@@H]2OC3(CCCC3)O[C@@H]21.CC[C@@]1(C=O)O[C@@H](n2ccc(=O)[nH]c2=O)[C@@H]2OC3(CCCC3)O[C@@H]21.CC[C@@]1(CO)O[C@@H](n2ccc(=O)[nH]c2=O)[C@@H]2OC3(CCCC3)O[C@@H]21. The van der Waals surface area contributed by atoms with E-state index in [9.17, 15) is 53.1 Å². The number of fused-ring (bicyclic) bond motifs is 5. The number of aliphatic hydroxyl groups is 1. The minimum atomic E-state index is -1.16. The number of nitrogen functional groups attached to an aromatic ring is 1. The van der Waals surface area contributed by atoms with Crippen LogP contribution in [0.15, 0.2) is 130 Å². The zero-order valence-electron chi connectivity index (χ0n) is 68.6. The van der Waals surface area contributed by atoms with Crippen molar-refractivity contribution in [3.63, 3.8) is 0 Å². The summed E-state index contributed by atoms with van der Waals surface area (Å²) in [6.45, 7) is 19.6. The number of nitrogens with one attached hydrogen (secondary N) is 4. The Balaban J connectivity index is 0.000000112. The highest BCUT2D eigenvalue weighted by Crippen LogP contribution is 2.59. The van der Waals surface area contributed by atoms with Gasteiger partial charge in [-0.2, -0.15) is 4.98 Å². The van der Waals surface area contributed by atoms with Gasteiger partial charge in [0.25, 0.3) is 22.2 Å². The predicted octanol–water partition coefficient (Wildman–Crippen LogP) is 5.60. The van der Waals surface area contributed by atoms with Crippen molar-refractivity contribution in [3.8, 4) is 0 Å². The van der Waals surface area contributed by atoms with Crippen LogP contribution >= 0.6 is 0 Å². The van der Waals surface area contributed by atoms with Gasteiger partial charge in [-0.1, -0.05) is 53.7 Å². The molecular formula is C83H111N11O26. The molecule has 5 aromatic rings. The first-order valence-electron chi connectivity index (χ1n) is 42.7. The molecule has 0 unspecified atom stereocenters. The Hall–Kier alpha value is -8.09. The molecule has 15 fully saturated rings. The third kappa shape index (κ3) is 14.8. The standard InChI is InChI=1S/C17H23N3O4.C17H24N2O5.C17H22N2O5.C16H22N2O6.C16H20N2O6/c1-3-16(4-2)13-12(22-17(23-13)8-5-6-9-17)14(24-16)20-10-7-11(18)19-15(20)21;2*1-3-16(4-2)13-12(22-17(23-13)8-5-6-9-17)14(24-16)19-10-7-11(20)18-15(19)21;2*1-2-15(9-19)12-11(22-16(23-12)6-3-4-7-16)13(24-15)18-8-5-10(20)17-14(18)21/h3,7,10,12-14H,1,4-6,8-9H2,2H3,(H2,18,19,21);7,10,12-14H,3-6,8-9H2,1-2H3,(H,18,20,21);3,7,10,12-14H,1,4-6,8-9H2,2H3,(H,18,20,21);5,8,11-13,19H,2-4,6-7,9H2,1H3,(H,17,20,21);5,8-9,11-13H,2-4,6-7H2,1H3,(H,17,20,21)/t12-,13+,14-,16-;12-,13+,14-;12-,13+,14-,16-;2*11-,12+,13-,15+/m11111/s1. The molecule has 5 aliphatic carbocycles. The molecular weight excluding hydrogens is 1570 g/mol. The molecule has 7 N–H and O–H groups in total. The molecule has 15 heterocycles. The molecule has 654 valence electrons. The Bertz CT molecular complexity index is 4910. The van der Waals surface area contributed by atoms with Gasteiger partial charge in [-0.05, 0) is 109 Å². The number of hydrogen-bond acceptors (Lipinski definition) is 28. The fourth-order valence-electron chi connectivity index (χ4n) is 20.9. The summed E-state index contributed by atoms with van der Waals surface area (Å²) in [6, 6.07) is 6.74. The first-order chi connectivity index (χ1) is 57.6. The van der Waals surface area contributed by atoms with Crippen LogP contribution in [0.1, 0.15) is 240 Å². The second kappa shape index (κ2) is 32.9. The van der Waals surface area contributed by atoms with Gasteiger partial charge >= 0.3 is 28.4 Å². The molecule has 5 aromatic heterocycles. The second-order valence-electron chi connectivity index (χ2n) is 34.1. The summed E-state index contributed by atoms with van der Waals surface area (Å²) >= 11 is 0. The van der Waals surface area contributed by atoms with Crippen LogP contribution in [-0.4, -0.2) is 184 Å². The van der Waals surface area contributed by atoms with Gasteiger partial charge in [0.1, 0.15) is 83.7 Å². The molecule has 0 aromatic carbocycles. The number of H-pyrrole nitrogens is 4. The van der Waals surface area contributed by atoms with Crippen molar-refractivity contribution < 1.29 is 81.0 Å². The van der Waals surface area contributed by atoms with Crippen LogP contribution < -0.4 is 56.4 Å². The minimum absolute atomic E-state index is 0.187. The molecule has 37 nitrogen and oxygen atoms in total. The van der Waals surface area contributed by atoms with Crippen LogP contribution in [0.2, 0.25) is 0 Å². The maximum absolute atomic E-state index is 12.3. The highest BCUT2D eigenvalue weighted by Gasteiger charge is 2.70. The van der Waals surface area contributed by atoms with E-state index in [1.54, 1.807) is 24.4 Å². The zero-order valence-corrected chi connectivity index (χ0v) is 68.6. The molecule has 37 heteroatoms. The normalized spacial score (nSPS) is 36.2. The molecule has 120 heavy (non-hydrogen) atoms. The average molecular weight is 1680 g/mol. The molecule has 15 aliphatic rings. The third-order valence-electron chi connectivity index (χ3n) is 27.6. The van der Waals surface area contributed by atoms with E-state index in [0.29, 0.717) is 25.7 Å². The first-order valence-corrected chi connectivity index (χ1v) is 42.7. The van der Waals surface area contributed by atoms with E-state index in [4.69, 9.17) is 76.8 Å². The maximum atomic E-state index is 12.3. The third-order valence-corrected chi connectivity index (χ3v) is 27.6. The van der Waals surface area contributed by atoms with Crippen molar-refractivity contribution in [2.24, 2.45) is 0 Å². The summed E-state index contributed by atoms with van der Waals surface area (Å²) in [4.78, 5) is 131. The first kappa shape index (κ1) is 85.5. The van der Waals surface area contributed by atoms with Crippen LogP contribution in [0.4, 0.5) is 5.82 Å². The lowest BCUT2D eigenvalue weighted by Gasteiger charge is -2.34. The average Bonchev–Trinajstić information content (AvgIpc) is 1.59. The smallest absolute Gasteiger partial charge is 0.351 e. The van der Waals surface area contributed by atoms with Crippen molar-refractivity contribution in [3.05, 3.63) is 180 Å². The van der Waals surface area contributed by atoms with Crippen molar-refractivity contribution >= 4 is 12.1 Å². The van der Waals surface area contributed by atoms with Crippen LogP contribution in [0.3, 0.4) is 0 Å². The fourth-order valence-corrected chi connectivity index (χ4v) is 20.9. The Labute approximate surface area is 688 Å². The van der Waals surface area contributed by atoms with Gasteiger partial charge in [0, 0.05) is 119 Å². The molecule has 10 aliphatic heterocycles. The Morgan fingerprint density at radius 2 is 0.625 bits per heavy atom. The number of anilines is 1. The maximum Gasteiger partial charge on any atom is 0.351 e. The molecule has 10 saturated heterocycles. The number of nitrogens with zero attached hydrogens (tertiary/aromatic N) is 6. The number of aromatic amines is 4. The van der Waals surface area contributed by atoms with Gasteiger partial charge < -0.3 is 86.7 Å². The summed E-state index contributed by atoms with van der Waals surface area (Å²) in [6.07, 6.45) is 26.9. The van der Waals surface area contributed by atoms with Crippen LogP contribution in [-0.2, 0) is 75.8 Å². The Morgan fingerprint density at radius 3 is 0.900 bits per heavy atom. The van der Waals surface area contributed by atoms with E-state index < -0.39 is 169 Å². The molecule has 20 rings (SSSR count). The number of rotatable bonds is 15. The van der Waals surface area contributed by atoms with Gasteiger partial charge in [0.2, 0.25) is 0 Å². The number of hydrogen-bond donors (Lipinski definition) is 6. The van der Waals surface area contributed by atoms with Gasteiger partial charge in [-0.25, -0.2) is 24.0 Å². The number of aldehydes is 1. The second-order valence-corrected chi connectivity index (χ2v) is 34.1. The van der Waals surface area contributed by atoms with Gasteiger partial charge in [-0.3, -0.25) is 61.9 Å². The number of nitrogens with two attached hydrogens (primary N) is 1. The molecule has 0 bridgehead atoms. The van der Waals surface area contributed by atoms with Gasteiger partial charge in [0.05, 0.1) is 12.2 Å². The zero-order chi connectivity index (χ0) is 84.7. The highest BCUT2D eigenvalue weighted by atomic mass is 16.8. The van der Waals surface area contributed by atoms with E-state index in [2.05, 4.69) is 51.9 Å². The molecule has 0 radical (unpaired) electrons. The lowest BCUT2D eigenvalue weighted by Crippen LogP contribution is -2.46. The lowest BCUT2D eigenvalue weighted by atomic mass is 9.90. The molecule has 5 spiro atoms. The van der Waals surface area contributed by atoms with Crippen molar-refractivity contribution in [2.45, 2.75) is 358 Å². The quantitative estimate of drug-likeness (QED) is 0.0548. The monoisotopic (exact) mass is 1680 g/mol. The van der Waals surface area contributed by atoms with Crippen LogP contribution in [0.25, 0.3) is 0 Å². The fraction of sp³-hybridized carbons (Fsp3) is 0.699. The summed E-state index contributed by atoms with van der Waals surface area (Å²) in [7, 11) is 0. The number of carbonyl (C=O) groups is 1. The molecule has 5 saturated carbocycles. The van der Waals surface area contributed by atoms with Crippen molar-refractivity contribution in [1.82, 2.24) is 47.8 Å². The van der Waals surface area contributed by atoms with Gasteiger partial charge in [-0.15, -0.1) is 13.2 Å². The predicted molar refractivity (Wildman–Crippen MR) is 422 cm³/mol. The Morgan fingerprint density at radius 1 is 0.367 bits per heavy atom. The lowest BCUT2D eigenvalue weighted by molar-refractivity contribution is -0.240. The van der Waals surface area contributed by atoms with E-state index >= 15 is 0 Å².